The van der Waals surface area contributed by atoms with E-state index in [0.29, 0.717) is 5.75 Å². The number of nitrogens with one attached hydrogen (secondary N) is 1. The standard InChI is InChI=1S/C13H21NO2/c1-4-16-10(2)13(14-3)9-11-6-5-7-12(15)8-11/h5-8,10,13-15H,4,9H2,1-3H3. The van der Waals surface area contributed by atoms with Crippen LogP contribution in [0.5, 0.6) is 5.75 Å². The third-order valence-corrected chi connectivity index (χ3v) is 2.73. The largest absolute Gasteiger partial charge is 0.508 e. The summed E-state index contributed by atoms with van der Waals surface area (Å²) in [5, 5.41) is 12.6. The summed E-state index contributed by atoms with van der Waals surface area (Å²) < 4.78 is 5.57. The zero-order chi connectivity index (χ0) is 12.0. The molecule has 1 aromatic rings. The lowest BCUT2D eigenvalue weighted by Gasteiger charge is -2.23. The first-order valence-electron chi connectivity index (χ1n) is 5.74. The molecule has 1 rings (SSSR count). The van der Waals surface area contributed by atoms with Gasteiger partial charge in [-0.2, -0.15) is 0 Å². The number of hydrogen-bond acceptors (Lipinski definition) is 3. The van der Waals surface area contributed by atoms with Crippen molar-refractivity contribution in [2.45, 2.75) is 32.4 Å². The van der Waals surface area contributed by atoms with E-state index in [9.17, 15) is 5.11 Å². The van der Waals surface area contributed by atoms with Crippen LogP contribution in [-0.2, 0) is 11.2 Å². The summed E-state index contributed by atoms with van der Waals surface area (Å²) in [6.45, 7) is 4.78. The number of aromatic hydroxyl groups is 1. The molecule has 0 bridgehead atoms. The van der Waals surface area contributed by atoms with Crippen molar-refractivity contribution in [3.63, 3.8) is 0 Å². The van der Waals surface area contributed by atoms with Gasteiger partial charge in [0, 0.05) is 12.6 Å². The number of phenols is 1. The lowest BCUT2D eigenvalue weighted by Crippen LogP contribution is -2.39. The van der Waals surface area contributed by atoms with Gasteiger partial charge in [-0.3, -0.25) is 0 Å². The number of phenolic OH excluding ortho intramolecular Hbond substituents is 1. The van der Waals surface area contributed by atoms with E-state index in [-0.39, 0.29) is 12.1 Å². The molecule has 0 saturated heterocycles. The Balaban J connectivity index is 2.62. The Morgan fingerprint density at radius 3 is 2.75 bits per heavy atom. The van der Waals surface area contributed by atoms with Crippen molar-refractivity contribution in [3.8, 4) is 5.75 Å². The molecular weight excluding hydrogens is 202 g/mol. The van der Waals surface area contributed by atoms with Gasteiger partial charge in [-0.15, -0.1) is 0 Å². The molecule has 2 unspecified atom stereocenters. The van der Waals surface area contributed by atoms with Crippen LogP contribution in [0.15, 0.2) is 24.3 Å². The smallest absolute Gasteiger partial charge is 0.115 e. The minimum Gasteiger partial charge on any atom is -0.508 e. The predicted octanol–water partition coefficient (Wildman–Crippen LogP) is 1.95. The topological polar surface area (TPSA) is 41.5 Å². The number of likely N-dealkylation sites (N-methyl/N-ethyl adjacent to an activating group) is 1. The summed E-state index contributed by atoms with van der Waals surface area (Å²) in [5.74, 6) is 0.316. The van der Waals surface area contributed by atoms with Gasteiger partial charge in [0.2, 0.25) is 0 Å². The third-order valence-electron chi connectivity index (χ3n) is 2.73. The summed E-state index contributed by atoms with van der Waals surface area (Å²) in [4.78, 5) is 0. The van der Waals surface area contributed by atoms with Crippen molar-refractivity contribution in [1.29, 1.82) is 0 Å². The molecule has 1 aromatic carbocycles. The van der Waals surface area contributed by atoms with Gasteiger partial charge in [-0.1, -0.05) is 12.1 Å². The first-order valence-corrected chi connectivity index (χ1v) is 5.74. The van der Waals surface area contributed by atoms with Crippen LogP contribution in [0.1, 0.15) is 19.4 Å². The molecule has 3 heteroatoms. The van der Waals surface area contributed by atoms with Gasteiger partial charge in [-0.05, 0) is 45.0 Å². The quantitative estimate of drug-likeness (QED) is 0.774. The van der Waals surface area contributed by atoms with E-state index >= 15 is 0 Å². The summed E-state index contributed by atoms with van der Waals surface area (Å²) in [7, 11) is 1.93. The van der Waals surface area contributed by atoms with Crippen LogP contribution in [0.3, 0.4) is 0 Å². The third kappa shape index (κ3) is 3.83. The highest BCUT2D eigenvalue weighted by Crippen LogP contribution is 2.14. The van der Waals surface area contributed by atoms with E-state index in [2.05, 4.69) is 12.2 Å². The Kier molecular flexibility index (Phi) is 5.29. The molecule has 2 N–H and O–H groups in total. The molecule has 0 aliphatic heterocycles. The SMILES string of the molecule is CCOC(C)C(Cc1cccc(O)c1)NC. The fourth-order valence-electron chi connectivity index (χ4n) is 1.82. The normalized spacial score (nSPS) is 14.7. The number of ether oxygens (including phenoxy) is 1. The molecule has 0 heterocycles. The number of rotatable bonds is 6. The monoisotopic (exact) mass is 223 g/mol. The molecule has 0 fully saturated rings. The number of benzene rings is 1. The summed E-state index contributed by atoms with van der Waals surface area (Å²) in [5.41, 5.74) is 1.12. The van der Waals surface area contributed by atoms with Crippen molar-refractivity contribution in [2.75, 3.05) is 13.7 Å². The molecule has 3 nitrogen and oxygen atoms in total. The second-order valence-corrected chi connectivity index (χ2v) is 3.93. The first kappa shape index (κ1) is 13.0. The van der Waals surface area contributed by atoms with E-state index in [4.69, 9.17) is 4.74 Å². The molecular formula is C13H21NO2. The Bertz CT molecular complexity index is 315. The van der Waals surface area contributed by atoms with Gasteiger partial charge in [0.25, 0.3) is 0 Å². The van der Waals surface area contributed by atoms with Crippen LogP contribution in [0.4, 0.5) is 0 Å². The lowest BCUT2D eigenvalue weighted by atomic mass is 10.0. The molecule has 0 saturated carbocycles. The molecule has 2 atom stereocenters. The summed E-state index contributed by atoms with van der Waals surface area (Å²) >= 11 is 0. The Morgan fingerprint density at radius 2 is 2.19 bits per heavy atom. The maximum atomic E-state index is 9.39. The van der Waals surface area contributed by atoms with Crippen LogP contribution >= 0.6 is 0 Å². The zero-order valence-electron chi connectivity index (χ0n) is 10.2. The maximum Gasteiger partial charge on any atom is 0.115 e. The van der Waals surface area contributed by atoms with E-state index in [1.807, 2.05) is 26.1 Å². The summed E-state index contributed by atoms with van der Waals surface area (Å²) in [6, 6.07) is 7.62. The lowest BCUT2D eigenvalue weighted by molar-refractivity contribution is 0.0496. The molecule has 0 aliphatic rings. The highest BCUT2D eigenvalue weighted by molar-refractivity contribution is 5.27. The molecule has 0 amide bonds. The van der Waals surface area contributed by atoms with Crippen LogP contribution in [-0.4, -0.2) is 30.9 Å². The Labute approximate surface area is 97.4 Å². The minimum absolute atomic E-state index is 0.164. The van der Waals surface area contributed by atoms with Gasteiger partial charge in [0.15, 0.2) is 0 Å². The fraction of sp³-hybridized carbons (Fsp3) is 0.538. The van der Waals surface area contributed by atoms with E-state index in [1.165, 1.54) is 0 Å². The maximum absolute atomic E-state index is 9.39. The van der Waals surface area contributed by atoms with E-state index in [0.717, 1.165) is 18.6 Å². The predicted molar refractivity (Wildman–Crippen MR) is 65.7 cm³/mol. The Hall–Kier alpha value is -1.06. The molecule has 0 aromatic heterocycles. The van der Waals surface area contributed by atoms with Crippen LogP contribution < -0.4 is 5.32 Å². The highest BCUT2D eigenvalue weighted by atomic mass is 16.5. The van der Waals surface area contributed by atoms with Crippen molar-refractivity contribution < 1.29 is 9.84 Å². The van der Waals surface area contributed by atoms with Gasteiger partial charge < -0.3 is 15.2 Å². The summed E-state index contributed by atoms with van der Waals surface area (Å²) in [6.07, 6.45) is 1.02. The second kappa shape index (κ2) is 6.51. The van der Waals surface area contributed by atoms with Gasteiger partial charge in [-0.25, -0.2) is 0 Å². The van der Waals surface area contributed by atoms with E-state index in [1.54, 1.807) is 12.1 Å². The molecule has 0 radical (unpaired) electrons. The molecule has 0 aliphatic carbocycles. The first-order chi connectivity index (χ1) is 7.67. The van der Waals surface area contributed by atoms with Crippen LogP contribution in [0.2, 0.25) is 0 Å². The zero-order valence-corrected chi connectivity index (χ0v) is 10.2. The molecule has 0 spiro atoms. The van der Waals surface area contributed by atoms with Gasteiger partial charge >= 0.3 is 0 Å². The highest BCUT2D eigenvalue weighted by Gasteiger charge is 2.15. The van der Waals surface area contributed by atoms with Crippen LogP contribution in [0.25, 0.3) is 0 Å². The molecule has 90 valence electrons. The minimum atomic E-state index is 0.164. The van der Waals surface area contributed by atoms with Gasteiger partial charge in [0.1, 0.15) is 5.75 Å². The Morgan fingerprint density at radius 1 is 1.44 bits per heavy atom. The van der Waals surface area contributed by atoms with Crippen molar-refractivity contribution in [3.05, 3.63) is 29.8 Å². The van der Waals surface area contributed by atoms with E-state index < -0.39 is 0 Å². The van der Waals surface area contributed by atoms with Gasteiger partial charge in [0.05, 0.1) is 6.10 Å². The van der Waals surface area contributed by atoms with Crippen molar-refractivity contribution in [2.24, 2.45) is 0 Å². The van der Waals surface area contributed by atoms with Crippen molar-refractivity contribution >= 4 is 0 Å². The molecule has 16 heavy (non-hydrogen) atoms. The average molecular weight is 223 g/mol. The number of hydrogen-bond donors (Lipinski definition) is 2. The average Bonchev–Trinajstić information content (AvgIpc) is 2.26. The van der Waals surface area contributed by atoms with Crippen molar-refractivity contribution in [1.82, 2.24) is 5.32 Å². The van der Waals surface area contributed by atoms with Crippen LogP contribution in [0, 0.1) is 0 Å². The second-order valence-electron chi connectivity index (χ2n) is 3.93. The fourth-order valence-corrected chi connectivity index (χ4v) is 1.82.